The molecular weight excluding hydrogens is 304 g/mol. The molecule has 1 heterocycles. The molecule has 0 fully saturated rings. The summed E-state index contributed by atoms with van der Waals surface area (Å²) >= 11 is 6.08. The summed E-state index contributed by atoms with van der Waals surface area (Å²) in [6, 6.07) is 2.57. The Hall–Kier alpha value is -1.60. The van der Waals surface area contributed by atoms with Crippen LogP contribution in [-0.2, 0) is 14.8 Å². The highest BCUT2D eigenvalue weighted by atomic mass is 35.5. The molecule has 2 rings (SSSR count). The molecule has 0 unspecified atom stereocenters. The molecule has 1 aliphatic rings. The molecule has 0 radical (unpaired) electrons. The third-order valence-corrected chi connectivity index (χ3v) is 6.10. The van der Waals surface area contributed by atoms with Crippen LogP contribution in [0.5, 0.6) is 0 Å². The Morgan fingerprint density at radius 2 is 2.10 bits per heavy atom. The number of rotatable bonds is 3. The van der Waals surface area contributed by atoms with Crippen LogP contribution in [0.2, 0.25) is 5.02 Å². The largest absolute Gasteiger partial charge is 0.293 e. The lowest BCUT2D eigenvalue weighted by molar-refractivity contribution is -0.384. The second kappa shape index (κ2) is 4.46. The van der Waals surface area contributed by atoms with Crippen molar-refractivity contribution < 1.29 is 13.3 Å². The molecule has 20 heavy (non-hydrogen) atoms. The zero-order valence-corrected chi connectivity index (χ0v) is 12.5. The Morgan fingerprint density at radius 3 is 2.60 bits per heavy atom. The topological polar surface area (TPSA) is 80.5 Å². The zero-order chi connectivity index (χ0) is 15.3. The molecule has 1 aromatic rings. The summed E-state index contributed by atoms with van der Waals surface area (Å²) in [6.45, 7) is 6.43. The van der Waals surface area contributed by atoms with Gasteiger partial charge >= 0.3 is 0 Å². The minimum absolute atomic E-state index is 0.0346. The molecule has 0 spiro atoms. The number of hydrogen-bond donors (Lipinski definition) is 0. The van der Waals surface area contributed by atoms with Gasteiger partial charge in [-0.25, -0.2) is 8.42 Å². The van der Waals surface area contributed by atoms with E-state index >= 15 is 0 Å². The van der Waals surface area contributed by atoms with Crippen molar-refractivity contribution in [2.75, 3.05) is 10.8 Å². The lowest BCUT2D eigenvalue weighted by Gasteiger charge is -2.21. The van der Waals surface area contributed by atoms with Gasteiger partial charge in [-0.2, -0.15) is 0 Å². The van der Waals surface area contributed by atoms with Crippen LogP contribution in [-0.4, -0.2) is 19.9 Å². The van der Waals surface area contributed by atoms with Crippen molar-refractivity contribution >= 4 is 33.0 Å². The average molecular weight is 317 g/mol. The lowest BCUT2D eigenvalue weighted by Crippen LogP contribution is -2.36. The standard InChI is InChI=1S/C12H13ClN2O4S/c1-4-7-14-11-9(15(16)17)6-5-8(13)10(11)12(2,3)20(14,18)19/h4-6H,1,7H2,2-3H3. The number of nitro benzene ring substituents is 1. The average Bonchev–Trinajstić information content (AvgIpc) is 2.48. The summed E-state index contributed by atoms with van der Waals surface area (Å²) < 4.78 is 24.8. The molecule has 0 bridgehead atoms. The maximum Gasteiger partial charge on any atom is 0.293 e. The van der Waals surface area contributed by atoms with Crippen molar-refractivity contribution in [3.05, 3.63) is 45.5 Å². The molecule has 108 valence electrons. The number of sulfonamides is 1. The Labute approximate surface area is 121 Å². The van der Waals surface area contributed by atoms with E-state index < -0.39 is 19.7 Å². The molecule has 0 saturated carbocycles. The van der Waals surface area contributed by atoms with Crippen LogP contribution in [0, 0.1) is 10.1 Å². The van der Waals surface area contributed by atoms with E-state index in [9.17, 15) is 18.5 Å². The summed E-state index contributed by atoms with van der Waals surface area (Å²) in [6.07, 6.45) is 1.38. The summed E-state index contributed by atoms with van der Waals surface area (Å²) in [5.41, 5.74) is 0.0167. The minimum Gasteiger partial charge on any atom is -0.258 e. The van der Waals surface area contributed by atoms with E-state index in [0.717, 1.165) is 4.31 Å². The number of hydrogen-bond acceptors (Lipinski definition) is 4. The van der Waals surface area contributed by atoms with E-state index in [1.165, 1.54) is 32.1 Å². The van der Waals surface area contributed by atoms with E-state index in [4.69, 9.17) is 11.6 Å². The molecule has 0 aliphatic carbocycles. The van der Waals surface area contributed by atoms with Crippen LogP contribution in [0.4, 0.5) is 11.4 Å². The van der Waals surface area contributed by atoms with Crippen molar-refractivity contribution in [2.24, 2.45) is 0 Å². The molecule has 0 aromatic heterocycles. The van der Waals surface area contributed by atoms with Crippen LogP contribution < -0.4 is 4.31 Å². The van der Waals surface area contributed by atoms with E-state index in [0.29, 0.717) is 0 Å². The van der Waals surface area contributed by atoms with Crippen molar-refractivity contribution in [3.63, 3.8) is 0 Å². The van der Waals surface area contributed by atoms with Crippen molar-refractivity contribution in [3.8, 4) is 0 Å². The van der Waals surface area contributed by atoms with Crippen LogP contribution >= 0.6 is 11.6 Å². The number of fused-ring (bicyclic) bond motifs is 1. The van der Waals surface area contributed by atoms with Gasteiger partial charge in [-0.15, -0.1) is 6.58 Å². The van der Waals surface area contributed by atoms with Gasteiger partial charge in [-0.3, -0.25) is 14.4 Å². The van der Waals surface area contributed by atoms with Gasteiger partial charge in [-0.1, -0.05) is 17.7 Å². The Bertz CT molecular complexity index is 712. The van der Waals surface area contributed by atoms with Gasteiger partial charge in [0, 0.05) is 16.7 Å². The monoisotopic (exact) mass is 316 g/mol. The molecule has 6 nitrogen and oxygen atoms in total. The van der Waals surface area contributed by atoms with Crippen LogP contribution in [0.25, 0.3) is 0 Å². The van der Waals surface area contributed by atoms with Crippen LogP contribution in [0.3, 0.4) is 0 Å². The van der Waals surface area contributed by atoms with E-state index in [-0.39, 0.29) is 28.5 Å². The van der Waals surface area contributed by atoms with Gasteiger partial charge in [0.05, 0.1) is 11.5 Å². The van der Waals surface area contributed by atoms with Crippen molar-refractivity contribution in [2.45, 2.75) is 18.6 Å². The van der Waals surface area contributed by atoms with Gasteiger partial charge in [-0.05, 0) is 19.9 Å². The first-order valence-electron chi connectivity index (χ1n) is 5.76. The number of nitrogens with zero attached hydrogens (tertiary/aromatic N) is 2. The van der Waals surface area contributed by atoms with Gasteiger partial charge in [0.25, 0.3) is 5.69 Å². The number of halogens is 1. The van der Waals surface area contributed by atoms with Crippen LogP contribution in [0.1, 0.15) is 19.4 Å². The molecule has 0 atom stereocenters. The zero-order valence-electron chi connectivity index (χ0n) is 11.0. The molecule has 0 amide bonds. The molecule has 1 aromatic carbocycles. The smallest absolute Gasteiger partial charge is 0.258 e. The highest BCUT2D eigenvalue weighted by molar-refractivity contribution is 7.94. The third kappa shape index (κ3) is 1.73. The Balaban J connectivity index is 2.92. The Kier molecular flexibility index (Phi) is 3.30. The normalized spacial score (nSPS) is 18.6. The van der Waals surface area contributed by atoms with E-state index in [2.05, 4.69) is 6.58 Å². The molecular formula is C12H13ClN2O4S. The second-order valence-corrected chi connectivity index (χ2v) is 7.70. The lowest BCUT2D eigenvalue weighted by atomic mass is 9.99. The fourth-order valence-electron chi connectivity index (χ4n) is 2.36. The maximum atomic E-state index is 12.6. The SMILES string of the molecule is C=CCN1c2c([N+](=O)[O-])ccc(Cl)c2C(C)(C)S1(=O)=O. The van der Waals surface area contributed by atoms with Crippen molar-refractivity contribution in [1.82, 2.24) is 0 Å². The van der Waals surface area contributed by atoms with Gasteiger partial charge < -0.3 is 0 Å². The van der Waals surface area contributed by atoms with Crippen LogP contribution in [0.15, 0.2) is 24.8 Å². The van der Waals surface area contributed by atoms with E-state index in [1.807, 2.05) is 0 Å². The summed E-state index contributed by atoms with van der Waals surface area (Å²) in [5, 5.41) is 11.4. The molecule has 0 saturated heterocycles. The predicted molar refractivity (Wildman–Crippen MR) is 77.6 cm³/mol. The fraction of sp³-hybridized carbons (Fsp3) is 0.333. The maximum absolute atomic E-state index is 12.6. The molecule has 0 N–H and O–H groups in total. The number of nitro groups is 1. The highest BCUT2D eigenvalue weighted by Crippen LogP contribution is 2.53. The highest BCUT2D eigenvalue weighted by Gasteiger charge is 2.53. The first-order valence-corrected chi connectivity index (χ1v) is 7.58. The Morgan fingerprint density at radius 1 is 1.50 bits per heavy atom. The van der Waals surface area contributed by atoms with Crippen molar-refractivity contribution in [1.29, 1.82) is 0 Å². The summed E-state index contributed by atoms with van der Waals surface area (Å²) in [4.78, 5) is 10.6. The molecule has 1 aliphatic heterocycles. The predicted octanol–water partition coefficient (Wildman–Crippen LogP) is 2.82. The quantitative estimate of drug-likeness (QED) is 0.488. The third-order valence-electron chi connectivity index (χ3n) is 3.38. The van der Waals surface area contributed by atoms with Gasteiger partial charge in [0.1, 0.15) is 10.4 Å². The van der Waals surface area contributed by atoms with Gasteiger partial charge in [0.15, 0.2) is 0 Å². The van der Waals surface area contributed by atoms with E-state index in [1.54, 1.807) is 0 Å². The molecule has 8 heteroatoms. The first-order chi connectivity index (χ1) is 9.16. The summed E-state index contributed by atoms with van der Waals surface area (Å²) in [7, 11) is -3.79. The summed E-state index contributed by atoms with van der Waals surface area (Å²) in [5.74, 6) is 0. The van der Waals surface area contributed by atoms with Gasteiger partial charge in [0.2, 0.25) is 10.0 Å². The number of benzene rings is 1. The first kappa shape index (κ1) is 14.8. The fourth-order valence-corrected chi connectivity index (χ4v) is 4.55. The minimum atomic E-state index is -3.79. The number of anilines is 1. The second-order valence-electron chi connectivity index (χ2n) is 4.88.